The van der Waals surface area contributed by atoms with Gasteiger partial charge in [0.15, 0.2) is 0 Å². The fourth-order valence-corrected chi connectivity index (χ4v) is 1.66. The van der Waals surface area contributed by atoms with Crippen molar-refractivity contribution in [3.8, 4) is 0 Å². The highest BCUT2D eigenvalue weighted by molar-refractivity contribution is 5.67. The molecule has 0 radical (unpaired) electrons. The molecule has 0 N–H and O–H groups in total. The van der Waals surface area contributed by atoms with E-state index in [9.17, 15) is 9.18 Å². The minimum Gasteiger partial charge on any atom is -0.449 e. The standard InChI is InChI=1S/C11H20FNO2/c1-2-3-4-5-8-15-11(14)13-7-6-10(12)9-13/h10H,2-9H2,1H3. The van der Waals surface area contributed by atoms with E-state index in [0.29, 0.717) is 19.6 Å². The van der Waals surface area contributed by atoms with Gasteiger partial charge in [-0.1, -0.05) is 26.2 Å². The molecule has 1 aliphatic heterocycles. The molecule has 1 rings (SSSR count). The molecule has 3 nitrogen and oxygen atoms in total. The van der Waals surface area contributed by atoms with Gasteiger partial charge in [0.25, 0.3) is 0 Å². The summed E-state index contributed by atoms with van der Waals surface area (Å²) < 4.78 is 17.8. The Bertz CT molecular complexity index is 199. The highest BCUT2D eigenvalue weighted by atomic mass is 19.1. The summed E-state index contributed by atoms with van der Waals surface area (Å²) >= 11 is 0. The smallest absolute Gasteiger partial charge is 0.409 e. The Morgan fingerprint density at radius 2 is 2.27 bits per heavy atom. The van der Waals surface area contributed by atoms with Crippen molar-refractivity contribution in [2.24, 2.45) is 0 Å². The number of halogens is 1. The minimum atomic E-state index is -0.863. The number of rotatable bonds is 5. The molecular formula is C11H20FNO2. The van der Waals surface area contributed by atoms with Crippen LogP contribution < -0.4 is 0 Å². The summed E-state index contributed by atoms with van der Waals surface area (Å²) in [5, 5.41) is 0. The first-order chi connectivity index (χ1) is 7.24. The second-order valence-corrected chi connectivity index (χ2v) is 4.01. The first-order valence-electron chi connectivity index (χ1n) is 5.79. The van der Waals surface area contributed by atoms with Gasteiger partial charge in [0.05, 0.1) is 13.2 Å². The van der Waals surface area contributed by atoms with E-state index < -0.39 is 6.17 Å². The van der Waals surface area contributed by atoms with Crippen molar-refractivity contribution in [2.45, 2.75) is 45.2 Å². The Morgan fingerprint density at radius 1 is 1.47 bits per heavy atom. The van der Waals surface area contributed by atoms with Crippen LogP contribution in [0, 0.1) is 0 Å². The molecule has 88 valence electrons. The second-order valence-electron chi connectivity index (χ2n) is 4.01. The Balaban J connectivity index is 2.03. The number of likely N-dealkylation sites (tertiary alicyclic amines) is 1. The van der Waals surface area contributed by atoms with E-state index in [2.05, 4.69) is 6.92 Å². The summed E-state index contributed by atoms with van der Waals surface area (Å²) in [4.78, 5) is 12.8. The average Bonchev–Trinajstić information content (AvgIpc) is 2.64. The van der Waals surface area contributed by atoms with Crippen LogP contribution in [0.5, 0.6) is 0 Å². The lowest BCUT2D eigenvalue weighted by atomic mass is 10.2. The Morgan fingerprint density at radius 3 is 2.87 bits per heavy atom. The van der Waals surface area contributed by atoms with Crippen molar-refractivity contribution < 1.29 is 13.9 Å². The largest absolute Gasteiger partial charge is 0.449 e. The minimum absolute atomic E-state index is 0.202. The predicted octanol–water partition coefficient (Wildman–Crippen LogP) is 2.75. The highest BCUT2D eigenvalue weighted by Crippen LogP contribution is 2.13. The third-order valence-electron chi connectivity index (χ3n) is 2.61. The van der Waals surface area contributed by atoms with E-state index >= 15 is 0 Å². The number of ether oxygens (including phenoxy) is 1. The second kappa shape index (κ2) is 6.64. The van der Waals surface area contributed by atoms with Crippen LogP contribution in [0.25, 0.3) is 0 Å². The van der Waals surface area contributed by atoms with Crippen LogP contribution >= 0.6 is 0 Å². The molecule has 0 spiro atoms. The van der Waals surface area contributed by atoms with E-state index in [-0.39, 0.29) is 12.6 Å². The average molecular weight is 217 g/mol. The Kier molecular flexibility index (Phi) is 5.43. The van der Waals surface area contributed by atoms with E-state index in [1.165, 1.54) is 17.7 Å². The van der Waals surface area contributed by atoms with Crippen molar-refractivity contribution in [3.63, 3.8) is 0 Å². The van der Waals surface area contributed by atoms with Crippen molar-refractivity contribution in [1.82, 2.24) is 4.90 Å². The van der Waals surface area contributed by atoms with Gasteiger partial charge in [0.1, 0.15) is 6.17 Å². The van der Waals surface area contributed by atoms with Crippen molar-refractivity contribution >= 4 is 6.09 Å². The van der Waals surface area contributed by atoms with Gasteiger partial charge in [0, 0.05) is 6.54 Å². The number of hydrogen-bond acceptors (Lipinski definition) is 2. The van der Waals surface area contributed by atoms with Crippen molar-refractivity contribution in [1.29, 1.82) is 0 Å². The number of amides is 1. The molecule has 15 heavy (non-hydrogen) atoms. The first-order valence-corrected chi connectivity index (χ1v) is 5.79. The number of carbonyl (C=O) groups excluding carboxylic acids is 1. The number of nitrogens with zero attached hydrogens (tertiary/aromatic N) is 1. The highest BCUT2D eigenvalue weighted by Gasteiger charge is 2.26. The summed E-state index contributed by atoms with van der Waals surface area (Å²) in [5.41, 5.74) is 0. The van der Waals surface area contributed by atoms with Gasteiger partial charge in [-0.3, -0.25) is 0 Å². The zero-order valence-corrected chi connectivity index (χ0v) is 9.38. The third-order valence-corrected chi connectivity index (χ3v) is 2.61. The topological polar surface area (TPSA) is 29.5 Å². The van der Waals surface area contributed by atoms with Gasteiger partial charge in [-0.15, -0.1) is 0 Å². The molecule has 1 aliphatic rings. The molecule has 0 aromatic heterocycles. The molecule has 1 amide bonds. The molecule has 0 aromatic rings. The van der Waals surface area contributed by atoms with Crippen LogP contribution in [0.15, 0.2) is 0 Å². The lowest BCUT2D eigenvalue weighted by Gasteiger charge is -2.14. The monoisotopic (exact) mass is 217 g/mol. The molecule has 0 aliphatic carbocycles. The van der Waals surface area contributed by atoms with Gasteiger partial charge in [0.2, 0.25) is 0 Å². The molecule has 1 atom stereocenters. The van der Waals surface area contributed by atoms with Crippen molar-refractivity contribution in [2.75, 3.05) is 19.7 Å². The van der Waals surface area contributed by atoms with Crippen LogP contribution in [0.1, 0.15) is 39.0 Å². The summed E-state index contributed by atoms with van der Waals surface area (Å²) in [5.74, 6) is 0. The fourth-order valence-electron chi connectivity index (χ4n) is 1.66. The van der Waals surface area contributed by atoms with Crippen LogP contribution in [-0.2, 0) is 4.74 Å². The van der Waals surface area contributed by atoms with E-state index in [1.807, 2.05) is 0 Å². The molecular weight excluding hydrogens is 197 g/mol. The van der Waals surface area contributed by atoms with Gasteiger partial charge >= 0.3 is 6.09 Å². The molecule has 1 fully saturated rings. The Labute approximate surface area is 90.6 Å². The maximum absolute atomic E-state index is 12.8. The quantitative estimate of drug-likeness (QED) is 0.663. The summed E-state index contributed by atoms with van der Waals surface area (Å²) in [6.45, 7) is 3.30. The van der Waals surface area contributed by atoms with Gasteiger partial charge in [-0.05, 0) is 12.8 Å². The predicted molar refractivity (Wildman–Crippen MR) is 56.6 cm³/mol. The van der Waals surface area contributed by atoms with Gasteiger partial charge < -0.3 is 9.64 Å². The summed E-state index contributed by atoms with van der Waals surface area (Å²) in [7, 11) is 0. The zero-order chi connectivity index (χ0) is 11.1. The van der Waals surface area contributed by atoms with Crippen LogP contribution in [0.4, 0.5) is 9.18 Å². The molecule has 0 aromatic carbocycles. The molecule has 1 unspecified atom stereocenters. The Hall–Kier alpha value is -0.800. The lowest BCUT2D eigenvalue weighted by molar-refractivity contribution is 0.106. The number of alkyl halides is 1. The number of hydrogen-bond donors (Lipinski definition) is 0. The number of carbonyl (C=O) groups is 1. The van der Waals surface area contributed by atoms with Crippen LogP contribution in [0.3, 0.4) is 0 Å². The van der Waals surface area contributed by atoms with Crippen LogP contribution in [-0.4, -0.2) is 36.9 Å². The van der Waals surface area contributed by atoms with Crippen molar-refractivity contribution in [3.05, 3.63) is 0 Å². The van der Waals surface area contributed by atoms with Gasteiger partial charge in [-0.25, -0.2) is 9.18 Å². The van der Waals surface area contributed by atoms with E-state index in [1.54, 1.807) is 0 Å². The normalized spacial score (nSPS) is 20.7. The lowest BCUT2D eigenvalue weighted by Crippen LogP contribution is -2.29. The molecule has 1 heterocycles. The maximum Gasteiger partial charge on any atom is 0.409 e. The first kappa shape index (κ1) is 12.3. The maximum atomic E-state index is 12.8. The molecule has 1 saturated heterocycles. The zero-order valence-electron chi connectivity index (χ0n) is 9.38. The molecule has 0 bridgehead atoms. The number of unbranched alkanes of at least 4 members (excludes halogenated alkanes) is 3. The molecule has 4 heteroatoms. The summed E-state index contributed by atoms with van der Waals surface area (Å²) in [6.07, 6.45) is 3.58. The van der Waals surface area contributed by atoms with E-state index in [4.69, 9.17) is 4.74 Å². The SMILES string of the molecule is CCCCCCOC(=O)N1CCC(F)C1. The van der Waals surface area contributed by atoms with Crippen LogP contribution in [0.2, 0.25) is 0 Å². The summed E-state index contributed by atoms with van der Waals surface area (Å²) in [6, 6.07) is 0. The van der Waals surface area contributed by atoms with Gasteiger partial charge in [-0.2, -0.15) is 0 Å². The third kappa shape index (κ3) is 4.49. The van der Waals surface area contributed by atoms with E-state index in [0.717, 1.165) is 12.8 Å². The fraction of sp³-hybridized carbons (Fsp3) is 0.909. The molecule has 0 saturated carbocycles.